The maximum absolute atomic E-state index is 15.0. The number of amides is 3. The van der Waals surface area contributed by atoms with Crippen LogP contribution in [-0.2, 0) is 22.3 Å². The molecule has 2 aliphatic heterocycles. The summed E-state index contributed by atoms with van der Waals surface area (Å²) >= 11 is 6.46. The Morgan fingerprint density at radius 2 is 1.91 bits per heavy atom. The van der Waals surface area contributed by atoms with E-state index < -0.39 is 46.8 Å². The molecule has 3 amide bonds. The number of halogens is 5. The van der Waals surface area contributed by atoms with E-state index in [-0.39, 0.29) is 41.5 Å². The number of ether oxygens (including phenoxy) is 1. The van der Waals surface area contributed by atoms with Crippen LogP contribution in [0.5, 0.6) is 0 Å². The van der Waals surface area contributed by atoms with E-state index in [0.29, 0.717) is 28.2 Å². The molecule has 8 nitrogen and oxygen atoms in total. The summed E-state index contributed by atoms with van der Waals surface area (Å²) in [7, 11) is 0. The average molecular weight is 639 g/mol. The SMILES string of the molecule is CC(C)(C)OC(=O)N1CC[C@H](F)[C@H](N2C(=O)SC(=Cc3ccc4c(cnn4Cc4ccc(Cl)cc4C(F)(F)F)c3)C2=O)C1. The lowest BCUT2D eigenvalue weighted by molar-refractivity contribution is -0.138. The Balaban J connectivity index is 1.35. The van der Waals surface area contributed by atoms with Crippen LogP contribution in [-0.4, -0.2) is 67.7 Å². The molecule has 0 unspecified atom stereocenters. The van der Waals surface area contributed by atoms with Gasteiger partial charge in [0, 0.05) is 23.5 Å². The molecule has 14 heteroatoms. The maximum Gasteiger partial charge on any atom is 0.416 e. The van der Waals surface area contributed by atoms with Crippen molar-refractivity contribution >= 4 is 57.6 Å². The number of hydrogen-bond donors (Lipinski definition) is 0. The molecule has 43 heavy (non-hydrogen) atoms. The van der Waals surface area contributed by atoms with Gasteiger partial charge in [0.25, 0.3) is 11.1 Å². The third kappa shape index (κ3) is 6.67. The second-order valence-corrected chi connectivity index (χ2v) is 12.7. The van der Waals surface area contributed by atoms with Crippen LogP contribution < -0.4 is 0 Å². The van der Waals surface area contributed by atoms with Crippen LogP contribution in [0.3, 0.4) is 0 Å². The Kier molecular flexibility index (Phi) is 8.25. The van der Waals surface area contributed by atoms with E-state index in [9.17, 15) is 31.9 Å². The third-order valence-electron chi connectivity index (χ3n) is 6.97. The molecule has 5 rings (SSSR count). The second-order valence-electron chi connectivity index (χ2n) is 11.3. The number of thioether (sulfide) groups is 1. The van der Waals surface area contributed by atoms with Crippen molar-refractivity contribution in [3.05, 3.63) is 69.2 Å². The van der Waals surface area contributed by atoms with Crippen LogP contribution in [0.1, 0.15) is 43.9 Å². The molecule has 2 fully saturated rings. The molecule has 2 saturated heterocycles. The number of carbonyl (C=O) groups is 3. The van der Waals surface area contributed by atoms with Gasteiger partial charge in [0.15, 0.2) is 0 Å². The lowest BCUT2D eigenvalue weighted by atomic mass is 10.0. The van der Waals surface area contributed by atoms with E-state index in [0.717, 1.165) is 11.0 Å². The number of imide groups is 1. The molecule has 2 aromatic carbocycles. The zero-order chi connectivity index (χ0) is 31.3. The molecule has 3 heterocycles. The number of piperidine rings is 1. The van der Waals surface area contributed by atoms with Crippen molar-refractivity contribution in [2.24, 2.45) is 0 Å². The van der Waals surface area contributed by atoms with E-state index >= 15 is 0 Å². The topological polar surface area (TPSA) is 84.7 Å². The van der Waals surface area contributed by atoms with Gasteiger partial charge in [0.2, 0.25) is 0 Å². The van der Waals surface area contributed by atoms with Gasteiger partial charge in [0.1, 0.15) is 11.8 Å². The number of likely N-dealkylation sites (tertiary alicyclic amines) is 1. The van der Waals surface area contributed by atoms with Crippen molar-refractivity contribution < 1.29 is 36.7 Å². The molecule has 2 aliphatic rings. The number of aromatic nitrogens is 2. The summed E-state index contributed by atoms with van der Waals surface area (Å²) in [4.78, 5) is 40.9. The van der Waals surface area contributed by atoms with Crippen molar-refractivity contribution in [2.75, 3.05) is 13.1 Å². The van der Waals surface area contributed by atoms with Gasteiger partial charge in [-0.2, -0.15) is 18.3 Å². The Bertz CT molecular complexity index is 1630. The minimum atomic E-state index is -4.59. The summed E-state index contributed by atoms with van der Waals surface area (Å²) < 4.78 is 62.5. The first-order valence-corrected chi connectivity index (χ1v) is 14.5. The number of hydrogen-bond acceptors (Lipinski definition) is 6. The van der Waals surface area contributed by atoms with Crippen LogP contribution >= 0.6 is 23.4 Å². The molecule has 228 valence electrons. The summed E-state index contributed by atoms with van der Waals surface area (Å²) in [5.41, 5.74) is -0.518. The first-order valence-electron chi connectivity index (χ1n) is 13.3. The van der Waals surface area contributed by atoms with Gasteiger partial charge in [-0.15, -0.1) is 0 Å². The summed E-state index contributed by atoms with van der Waals surface area (Å²) in [5, 5.41) is 4.16. The number of benzene rings is 2. The Morgan fingerprint density at radius 1 is 1.16 bits per heavy atom. The van der Waals surface area contributed by atoms with Gasteiger partial charge in [-0.3, -0.25) is 19.2 Å². The molecule has 0 bridgehead atoms. The molecule has 0 aliphatic carbocycles. The van der Waals surface area contributed by atoms with Crippen LogP contribution in [0, 0.1) is 0 Å². The Morgan fingerprint density at radius 3 is 2.60 bits per heavy atom. The largest absolute Gasteiger partial charge is 0.444 e. The minimum absolute atomic E-state index is 0.00114. The highest BCUT2D eigenvalue weighted by Crippen LogP contribution is 2.37. The van der Waals surface area contributed by atoms with Gasteiger partial charge in [-0.25, -0.2) is 9.18 Å². The van der Waals surface area contributed by atoms with Gasteiger partial charge >= 0.3 is 12.3 Å². The molecule has 0 spiro atoms. The highest BCUT2D eigenvalue weighted by molar-refractivity contribution is 8.18. The van der Waals surface area contributed by atoms with Crippen molar-refractivity contribution in [3.63, 3.8) is 0 Å². The van der Waals surface area contributed by atoms with Crippen LogP contribution in [0.4, 0.5) is 27.2 Å². The van der Waals surface area contributed by atoms with Gasteiger partial charge < -0.3 is 9.64 Å². The Hall–Kier alpha value is -3.58. The summed E-state index contributed by atoms with van der Waals surface area (Å²) in [6, 6.07) is 7.39. The molecular formula is C29H27ClF4N4O4S. The van der Waals surface area contributed by atoms with E-state index in [1.807, 2.05) is 0 Å². The predicted octanol–water partition coefficient (Wildman–Crippen LogP) is 7.14. The quantitative estimate of drug-likeness (QED) is 0.223. The van der Waals surface area contributed by atoms with Gasteiger partial charge in [-0.1, -0.05) is 23.7 Å². The number of carbonyl (C=O) groups excluding carboxylic acids is 3. The molecule has 3 aromatic rings. The van der Waals surface area contributed by atoms with E-state index in [4.69, 9.17) is 16.3 Å². The molecular weight excluding hydrogens is 612 g/mol. The lowest BCUT2D eigenvalue weighted by Crippen LogP contribution is -2.57. The van der Waals surface area contributed by atoms with Crippen LogP contribution in [0.15, 0.2) is 47.5 Å². The second kappa shape index (κ2) is 11.5. The summed E-state index contributed by atoms with van der Waals surface area (Å²) in [6.07, 6.45) is -3.81. The summed E-state index contributed by atoms with van der Waals surface area (Å²) in [5.74, 6) is -0.674. The van der Waals surface area contributed by atoms with Gasteiger partial charge in [0.05, 0.1) is 34.8 Å². The zero-order valence-electron chi connectivity index (χ0n) is 23.3. The molecule has 0 N–H and O–H groups in total. The first-order chi connectivity index (χ1) is 20.1. The fourth-order valence-corrected chi connectivity index (χ4v) is 6.05. The number of rotatable bonds is 4. The number of fused-ring (bicyclic) bond motifs is 1. The fourth-order valence-electron chi connectivity index (χ4n) is 4.99. The van der Waals surface area contributed by atoms with Crippen molar-refractivity contribution in [2.45, 2.75) is 57.7 Å². The predicted molar refractivity (Wildman–Crippen MR) is 154 cm³/mol. The Labute approximate surface area is 253 Å². The van der Waals surface area contributed by atoms with Crippen molar-refractivity contribution in [1.82, 2.24) is 19.6 Å². The van der Waals surface area contributed by atoms with E-state index in [2.05, 4.69) is 5.10 Å². The molecule has 2 atom stereocenters. The normalized spacial score (nSPS) is 20.9. The van der Waals surface area contributed by atoms with Crippen LogP contribution in [0.25, 0.3) is 17.0 Å². The van der Waals surface area contributed by atoms with E-state index in [1.165, 1.54) is 34.0 Å². The molecule has 0 radical (unpaired) electrons. The smallest absolute Gasteiger partial charge is 0.416 e. The zero-order valence-corrected chi connectivity index (χ0v) is 24.9. The van der Waals surface area contributed by atoms with Crippen LogP contribution in [0.2, 0.25) is 5.02 Å². The molecule has 0 saturated carbocycles. The minimum Gasteiger partial charge on any atom is -0.444 e. The lowest BCUT2D eigenvalue weighted by Gasteiger charge is -2.38. The highest BCUT2D eigenvalue weighted by atomic mass is 35.5. The number of alkyl halides is 4. The average Bonchev–Trinajstić information content (AvgIpc) is 3.42. The first kappa shape index (κ1) is 30.9. The third-order valence-corrected chi connectivity index (χ3v) is 8.09. The van der Waals surface area contributed by atoms with Crippen molar-refractivity contribution in [1.29, 1.82) is 0 Å². The number of nitrogens with zero attached hydrogens (tertiary/aromatic N) is 4. The van der Waals surface area contributed by atoms with Crippen molar-refractivity contribution in [3.8, 4) is 0 Å². The van der Waals surface area contributed by atoms with Gasteiger partial charge in [-0.05, 0) is 80.4 Å². The molecule has 1 aromatic heterocycles. The maximum atomic E-state index is 15.0. The monoisotopic (exact) mass is 638 g/mol. The fraction of sp³-hybridized carbons (Fsp3) is 0.379. The standard InChI is InChI=1S/C29H27ClF4N4O4S/c1-28(2,3)42-26(40)36-9-8-21(31)23(15-36)38-25(39)24(43-27(38)41)11-16-4-7-22-18(10-16)13-35-37(22)14-17-5-6-19(30)12-20(17)29(32,33)34/h4-7,10-13,21,23H,8-9,14-15H2,1-3H3/t21-,23+/m0/s1. The van der Waals surface area contributed by atoms with E-state index in [1.54, 1.807) is 39.0 Å². The highest BCUT2D eigenvalue weighted by Gasteiger charge is 2.46. The summed E-state index contributed by atoms with van der Waals surface area (Å²) in [6.45, 7) is 4.88.